The topological polar surface area (TPSA) is 51.2 Å². The highest BCUT2D eigenvalue weighted by Gasteiger charge is 2.02. The second-order valence-corrected chi connectivity index (χ2v) is 5.81. The van der Waals surface area contributed by atoms with Crippen molar-refractivity contribution in [1.82, 2.24) is 10.3 Å². The maximum absolute atomic E-state index is 13.5. The van der Waals surface area contributed by atoms with Crippen LogP contribution in [0, 0.1) is 5.82 Å². The molecule has 0 aliphatic carbocycles. The third kappa shape index (κ3) is 5.78. The minimum absolute atomic E-state index is 0.265. The van der Waals surface area contributed by atoms with Crippen LogP contribution in [0.4, 0.5) is 4.39 Å². The number of ether oxygens (including phenoxy) is 1. The number of carbonyl (C=O) groups is 1. The lowest BCUT2D eigenvalue weighted by molar-refractivity contribution is -0.116. The molecular formula is C22H19FN2O2. The summed E-state index contributed by atoms with van der Waals surface area (Å²) in [4.78, 5) is 16.0. The molecule has 0 saturated carbocycles. The van der Waals surface area contributed by atoms with Crippen LogP contribution in [0.15, 0.2) is 79.0 Å². The summed E-state index contributed by atoms with van der Waals surface area (Å²) >= 11 is 0. The van der Waals surface area contributed by atoms with E-state index in [1.807, 2.05) is 36.4 Å². The zero-order valence-corrected chi connectivity index (χ0v) is 14.6. The molecule has 0 radical (unpaired) electrons. The van der Waals surface area contributed by atoms with Crippen molar-refractivity contribution in [3.8, 4) is 11.6 Å². The molecule has 4 nitrogen and oxygen atoms in total. The normalized spacial score (nSPS) is 10.7. The number of halogens is 1. The average Bonchev–Trinajstić information content (AvgIpc) is 2.68. The number of nitrogens with one attached hydrogen (secondary N) is 1. The molecular weight excluding hydrogens is 343 g/mol. The van der Waals surface area contributed by atoms with E-state index < -0.39 is 0 Å². The summed E-state index contributed by atoms with van der Waals surface area (Å²) in [5, 5.41) is 2.79. The van der Waals surface area contributed by atoms with E-state index in [-0.39, 0.29) is 11.7 Å². The molecule has 0 atom stereocenters. The Kier molecular flexibility index (Phi) is 6.30. The second kappa shape index (κ2) is 9.29. The summed E-state index contributed by atoms with van der Waals surface area (Å²) in [5.74, 6) is 0.601. The second-order valence-electron chi connectivity index (χ2n) is 5.81. The van der Waals surface area contributed by atoms with Crippen LogP contribution in [0.1, 0.15) is 11.1 Å². The molecule has 0 spiro atoms. The van der Waals surface area contributed by atoms with Crippen molar-refractivity contribution in [3.63, 3.8) is 0 Å². The Labute approximate surface area is 157 Å². The Bertz CT molecular complexity index is 926. The lowest BCUT2D eigenvalue weighted by Gasteiger charge is -2.07. The van der Waals surface area contributed by atoms with E-state index >= 15 is 0 Å². The molecule has 0 bridgehead atoms. The molecule has 3 rings (SSSR count). The molecule has 1 aromatic heterocycles. The van der Waals surface area contributed by atoms with Crippen LogP contribution in [0.2, 0.25) is 0 Å². The highest BCUT2D eigenvalue weighted by molar-refractivity contribution is 5.91. The minimum atomic E-state index is -0.355. The van der Waals surface area contributed by atoms with Gasteiger partial charge in [-0.1, -0.05) is 36.4 Å². The van der Waals surface area contributed by atoms with Gasteiger partial charge < -0.3 is 10.1 Å². The standard InChI is InChI=1S/C22H19FN2O2/c23-20-9-2-1-7-18(20)11-12-21(26)24-15-13-17-6-5-8-19(16-17)27-22-10-3-4-14-25-22/h1-12,14,16H,13,15H2,(H,24,26). The van der Waals surface area contributed by atoms with E-state index in [1.54, 1.807) is 30.5 Å². The van der Waals surface area contributed by atoms with Gasteiger partial charge in [0.2, 0.25) is 11.8 Å². The maximum atomic E-state index is 13.5. The first kappa shape index (κ1) is 18.3. The largest absolute Gasteiger partial charge is 0.439 e. The average molecular weight is 362 g/mol. The molecule has 136 valence electrons. The SMILES string of the molecule is O=C(C=Cc1ccccc1F)NCCc1cccc(Oc2ccccn2)c1. The number of hydrogen-bond acceptors (Lipinski definition) is 3. The van der Waals surface area contributed by atoms with Gasteiger partial charge in [-0.05, 0) is 42.3 Å². The first-order valence-electron chi connectivity index (χ1n) is 8.59. The van der Waals surface area contributed by atoms with Gasteiger partial charge in [-0.25, -0.2) is 9.37 Å². The van der Waals surface area contributed by atoms with Gasteiger partial charge in [0.25, 0.3) is 0 Å². The Hall–Kier alpha value is -3.47. The van der Waals surface area contributed by atoms with Crippen molar-refractivity contribution in [2.24, 2.45) is 0 Å². The van der Waals surface area contributed by atoms with E-state index in [0.717, 1.165) is 5.56 Å². The minimum Gasteiger partial charge on any atom is -0.439 e. The lowest BCUT2D eigenvalue weighted by Crippen LogP contribution is -2.23. The van der Waals surface area contributed by atoms with Gasteiger partial charge in [-0.3, -0.25) is 4.79 Å². The zero-order chi connectivity index (χ0) is 18.9. The van der Waals surface area contributed by atoms with Gasteiger partial charge in [-0.2, -0.15) is 0 Å². The molecule has 1 amide bonds. The number of rotatable bonds is 7. The molecule has 5 heteroatoms. The van der Waals surface area contributed by atoms with Crippen LogP contribution in [-0.2, 0) is 11.2 Å². The quantitative estimate of drug-likeness (QED) is 0.635. The molecule has 0 aliphatic heterocycles. The van der Waals surface area contributed by atoms with Crippen molar-refractivity contribution in [2.45, 2.75) is 6.42 Å². The molecule has 0 fully saturated rings. The Balaban J connectivity index is 1.49. The number of carbonyl (C=O) groups excluding carboxylic acids is 1. The van der Waals surface area contributed by atoms with Gasteiger partial charge in [-0.15, -0.1) is 0 Å². The molecule has 0 aliphatic rings. The summed E-state index contributed by atoms with van der Waals surface area (Å²) in [6.07, 6.45) is 5.12. The molecule has 3 aromatic rings. The lowest BCUT2D eigenvalue weighted by atomic mass is 10.1. The first-order valence-corrected chi connectivity index (χ1v) is 8.59. The fraction of sp³-hybridized carbons (Fsp3) is 0.0909. The highest BCUT2D eigenvalue weighted by atomic mass is 19.1. The van der Waals surface area contributed by atoms with E-state index in [1.165, 1.54) is 18.2 Å². The monoisotopic (exact) mass is 362 g/mol. The van der Waals surface area contributed by atoms with Gasteiger partial charge in [0.1, 0.15) is 11.6 Å². The maximum Gasteiger partial charge on any atom is 0.244 e. The Morgan fingerprint density at radius 1 is 1.07 bits per heavy atom. The van der Waals surface area contributed by atoms with Gasteiger partial charge in [0, 0.05) is 30.4 Å². The molecule has 0 unspecified atom stereocenters. The number of amides is 1. The van der Waals surface area contributed by atoms with Crippen molar-refractivity contribution >= 4 is 12.0 Å². The smallest absolute Gasteiger partial charge is 0.244 e. The van der Waals surface area contributed by atoms with Crippen LogP contribution in [0.5, 0.6) is 11.6 Å². The van der Waals surface area contributed by atoms with Crippen LogP contribution in [0.25, 0.3) is 6.08 Å². The van der Waals surface area contributed by atoms with E-state index in [2.05, 4.69) is 10.3 Å². The summed E-state index contributed by atoms with van der Waals surface area (Å²) in [6, 6.07) is 19.4. The van der Waals surface area contributed by atoms with Crippen molar-refractivity contribution < 1.29 is 13.9 Å². The van der Waals surface area contributed by atoms with E-state index in [0.29, 0.717) is 30.2 Å². The van der Waals surface area contributed by atoms with Gasteiger partial charge in [0.05, 0.1) is 0 Å². The van der Waals surface area contributed by atoms with Crippen molar-refractivity contribution in [1.29, 1.82) is 0 Å². The predicted molar refractivity (Wildman–Crippen MR) is 103 cm³/mol. The number of pyridine rings is 1. The van der Waals surface area contributed by atoms with E-state index in [9.17, 15) is 9.18 Å². The van der Waals surface area contributed by atoms with Crippen LogP contribution >= 0.6 is 0 Å². The van der Waals surface area contributed by atoms with Crippen molar-refractivity contribution in [2.75, 3.05) is 6.54 Å². The Morgan fingerprint density at radius 3 is 2.74 bits per heavy atom. The first-order chi connectivity index (χ1) is 13.2. The third-order valence-electron chi connectivity index (χ3n) is 3.79. The van der Waals surface area contributed by atoms with Crippen LogP contribution < -0.4 is 10.1 Å². The van der Waals surface area contributed by atoms with Gasteiger partial charge >= 0.3 is 0 Å². The summed E-state index contributed by atoms with van der Waals surface area (Å²) in [7, 11) is 0. The van der Waals surface area contributed by atoms with E-state index in [4.69, 9.17) is 4.74 Å². The third-order valence-corrected chi connectivity index (χ3v) is 3.79. The molecule has 0 saturated heterocycles. The molecule has 27 heavy (non-hydrogen) atoms. The summed E-state index contributed by atoms with van der Waals surface area (Å²) in [6.45, 7) is 0.466. The summed E-state index contributed by atoms with van der Waals surface area (Å²) in [5.41, 5.74) is 1.41. The predicted octanol–water partition coefficient (Wildman–Crippen LogP) is 4.39. The Morgan fingerprint density at radius 2 is 1.93 bits per heavy atom. The molecule has 1 heterocycles. The van der Waals surface area contributed by atoms with Gasteiger partial charge in [0.15, 0.2) is 0 Å². The molecule has 1 N–H and O–H groups in total. The number of hydrogen-bond donors (Lipinski definition) is 1. The van der Waals surface area contributed by atoms with Crippen LogP contribution in [0.3, 0.4) is 0 Å². The number of nitrogens with zero attached hydrogens (tertiary/aromatic N) is 1. The zero-order valence-electron chi connectivity index (χ0n) is 14.6. The number of benzene rings is 2. The van der Waals surface area contributed by atoms with Crippen molar-refractivity contribution in [3.05, 3.63) is 95.9 Å². The summed E-state index contributed by atoms with van der Waals surface area (Å²) < 4.78 is 19.2. The fourth-order valence-electron chi connectivity index (χ4n) is 2.46. The van der Waals surface area contributed by atoms with Crippen LogP contribution in [-0.4, -0.2) is 17.4 Å². The highest BCUT2D eigenvalue weighted by Crippen LogP contribution is 2.20. The fourth-order valence-corrected chi connectivity index (χ4v) is 2.46. The number of aromatic nitrogens is 1. The molecule has 2 aromatic carbocycles.